The summed E-state index contributed by atoms with van der Waals surface area (Å²) in [5.74, 6) is -0.342. The number of esters is 1. The first kappa shape index (κ1) is 16.9. The molecule has 102 valence electrons. The summed E-state index contributed by atoms with van der Waals surface area (Å²) < 4.78 is 5.13. The zero-order valence-electron chi connectivity index (χ0n) is 10.4. The van der Waals surface area contributed by atoms with Crippen molar-refractivity contribution in [2.45, 2.75) is 31.9 Å². The van der Waals surface area contributed by atoms with Crippen LogP contribution in [0.25, 0.3) is 0 Å². The van der Waals surface area contributed by atoms with Gasteiger partial charge in [0.05, 0.1) is 0 Å². The molecule has 1 unspecified atom stereocenters. The standard InChI is InChI=1S/C13H20N2O2.ClH/c14-9-5-4-8-12(15)13(16)17-10-11-6-2-1-3-7-11;/h1-3,6-7,12H,4-5,8-10,14-15H2;1H. The number of nitrogens with two attached hydrogens (primary N) is 2. The molecule has 0 aliphatic rings. The fraction of sp³-hybridized carbons (Fsp3) is 0.462. The van der Waals surface area contributed by atoms with Gasteiger partial charge in [0.15, 0.2) is 0 Å². The fourth-order valence-electron chi connectivity index (χ4n) is 1.46. The lowest BCUT2D eigenvalue weighted by Gasteiger charge is -2.11. The summed E-state index contributed by atoms with van der Waals surface area (Å²) in [6.07, 6.45) is 2.38. The number of rotatable bonds is 7. The van der Waals surface area contributed by atoms with Crippen molar-refractivity contribution in [2.75, 3.05) is 6.54 Å². The lowest BCUT2D eigenvalue weighted by molar-refractivity contribution is -0.146. The first-order valence-corrected chi connectivity index (χ1v) is 5.90. The van der Waals surface area contributed by atoms with E-state index in [0.717, 1.165) is 18.4 Å². The van der Waals surface area contributed by atoms with Gasteiger partial charge in [0.1, 0.15) is 12.6 Å². The molecule has 0 spiro atoms. The molecule has 4 N–H and O–H groups in total. The first-order valence-electron chi connectivity index (χ1n) is 5.90. The average molecular weight is 273 g/mol. The van der Waals surface area contributed by atoms with Crippen LogP contribution >= 0.6 is 12.4 Å². The van der Waals surface area contributed by atoms with Crippen molar-refractivity contribution in [1.29, 1.82) is 0 Å². The van der Waals surface area contributed by atoms with Crippen molar-refractivity contribution in [3.63, 3.8) is 0 Å². The van der Waals surface area contributed by atoms with Gasteiger partial charge in [-0.1, -0.05) is 36.8 Å². The summed E-state index contributed by atoms with van der Waals surface area (Å²) in [6.45, 7) is 0.913. The van der Waals surface area contributed by atoms with Crippen LogP contribution in [0.1, 0.15) is 24.8 Å². The number of ether oxygens (including phenoxy) is 1. The molecule has 4 nitrogen and oxygen atoms in total. The molecule has 0 saturated heterocycles. The predicted molar refractivity (Wildman–Crippen MR) is 74.4 cm³/mol. The van der Waals surface area contributed by atoms with E-state index in [0.29, 0.717) is 13.0 Å². The smallest absolute Gasteiger partial charge is 0.323 e. The van der Waals surface area contributed by atoms with Crippen molar-refractivity contribution in [3.8, 4) is 0 Å². The maximum atomic E-state index is 11.5. The maximum Gasteiger partial charge on any atom is 0.323 e. The van der Waals surface area contributed by atoms with Gasteiger partial charge in [-0.3, -0.25) is 4.79 Å². The van der Waals surface area contributed by atoms with Gasteiger partial charge in [-0.2, -0.15) is 0 Å². The van der Waals surface area contributed by atoms with Gasteiger partial charge in [0.25, 0.3) is 0 Å². The Morgan fingerprint density at radius 3 is 2.50 bits per heavy atom. The zero-order valence-corrected chi connectivity index (χ0v) is 11.2. The van der Waals surface area contributed by atoms with Crippen molar-refractivity contribution < 1.29 is 9.53 Å². The number of carbonyl (C=O) groups is 1. The molecule has 1 atom stereocenters. The molecule has 0 aliphatic carbocycles. The number of unbranched alkanes of at least 4 members (excludes halogenated alkanes) is 1. The maximum absolute atomic E-state index is 11.5. The molecule has 1 rings (SSSR count). The minimum absolute atomic E-state index is 0. The van der Waals surface area contributed by atoms with Crippen LogP contribution in [0.4, 0.5) is 0 Å². The lowest BCUT2D eigenvalue weighted by Crippen LogP contribution is -2.32. The molecular formula is C13H21ClN2O2. The predicted octanol–water partition coefficient (Wildman–Crippen LogP) is 1.61. The Hall–Kier alpha value is -1.10. The van der Waals surface area contributed by atoms with Crippen LogP contribution in [0.2, 0.25) is 0 Å². The third-order valence-corrected chi connectivity index (χ3v) is 2.50. The van der Waals surface area contributed by atoms with Crippen molar-refractivity contribution >= 4 is 18.4 Å². The molecule has 0 saturated carbocycles. The molecule has 0 radical (unpaired) electrons. The Kier molecular flexibility index (Phi) is 9.28. The Bertz CT molecular complexity index is 333. The first-order chi connectivity index (χ1) is 8.24. The molecule has 1 aromatic carbocycles. The van der Waals surface area contributed by atoms with Gasteiger partial charge in [-0.05, 0) is 24.9 Å². The molecular weight excluding hydrogens is 252 g/mol. The number of halogens is 1. The van der Waals surface area contributed by atoms with Crippen LogP contribution in [0, 0.1) is 0 Å². The highest BCUT2D eigenvalue weighted by atomic mass is 35.5. The van der Waals surface area contributed by atoms with Crippen LogP contribution in [0.3, 0.4) is 0 Å². The highest BCUT2D eigenvalue weighted by Gasteiger charge is 2.14. The Morgan fingerprint density at radius 2 is 1.89 bits per heavy atom. The summed E-state index contributed by atoms with van der Waals surface area (Å²) in [6, 6.07) is 9.02. The van der Waals surface area contributed by atoms with E-state index in [2.05, 4.69) is 0 Å². The van der Waals surface area contributed by atoms with Gasteiger partial charge < -0.3 is 16.2 Å². The molecule has 0 amide bonds. The molecule has 0 bridgehead atoms. The summed E-state index contributed by atoms with van der Waals surface area (Å²) >= 11 is 0. The normalized spacial score (nSPS) is 11.4. The third kappa shape index (κ3) is 6.59. The molecule has 18 heavy (non-hydrogen) atoms. The van der Waals surface area contributed by atoms with E-state index in [-0.39, 0.29) is 25.0 Å². The summed E-state index contributed by atoms with van der Waals surface area (Å²) in [4.78, 5) is 11.5. The van der Waals surface area contributed by atoms with Gasteiger partial charge in [0.2, 0.25) is 0 Å². The highest BCUT2D eigenvalue weighted by Crippen LogP contribution is 2.04. The van der Waals surface area contributed by atoms with Gasteiger partial charge in [-0.25, -0.2) is 0 Å². The van der Waals surface area contributed by atoms with Crippen LogP contribution in [-0.2, 0) is 16.1 Å². The van der Waals surface area contributed by atoms with E-state index < -0.39 is 6.04 Å². The van der Waals surface area contributed by atoms with Crippen LogP contribution in [0.15, 0.2) is 30.3 Å². The molecule has 0 aliphatic heterocycles. The van der Waals surface area contributed by atoms with Crippen LogP contribution in [-0.4, -0.2) is 18.6 Å². The number of benzene rings is 1. The Labute approximate surface area is 114 Å². The molecule has 0 fully saturated rings. The molecule has 0 aromatic heterocycles. The van der Waals surface area contributed by atoms with Gasteiger partial charge in [0, 0.05) is 0 Å². The van der Waals surface area contributed by atoms with Gasteiger partial charge in [-0.15, -0.1) is 12.4 Å². The number of hydrogen-bond donors (Lipinski definition) is 2. The second-order valence-electron chi connectivity index (χ2n) is 3.98. The quantitative estimate of drug-likeness (QED) is 0.584. The number of carbonyl (C=O) groups excluding carboxylic acids is 1. The third-order valence-electron chi connectivity index (χ3n) is 2.50. The SMILES string of the molecule is Cl.NCCCCC(N)C(=O)OCc1ccccc1. The van der Waals surface area contributed by atoms with E-state index in [4.69, 9.17) is 16.2 Å². The largest absolute Gasteiger partial charge is 0.460 e. The molecule has 0 heterocycles. The number of hydrogen-bond acceptors (Lipinski definition) is 4. The summed E-state index contributed by atoms with van der Waals surface area (Å²) in [5.41, 5.74) is 12.0. The second kappa shape index (κ2) is 9.88. The summed E-state index contributed by atoms with van der Waals surface area (Å²) in [5, 5.41) is 0. The zero-order chi connectivity index (χ0) is 12.5. The van der Waals surface area contributed by atoms with E-state index in [1.165, 1.54) is 0 Å². The Morgan fingerprint density at radius 1 is 1.22 bits per heavy atom. The Balaban J connectivity index is 0.00000289. The van der Waals surface area contributed by atoms with E-state index >= 15 is 0 Å². The average Bonchev–Trinajstić information content (AvgIpc) is 2.37. The minimum Gasteiger partial charge on any atom is -0.460 e. The second-order valence-corrected chi connectivity index (χ2v) is 3.98. The highest BCUT2D eigenvalue weighted by molar-refractivity contribution is 5.85. The fourth-order valence-corrected chi connectivity index (χ4v) is 1.46. The van der Waals surface area contributed by atoms with Gasteiger partial charge >= 0.3 is 5.97 Å². The van der Waals surface area contributed by atoms with Crippen molar-refractivity contribution in [1.82, 2.24) is 0 Å². The summed E-state index contributed by atoms with van der Waals surface area (Å²) in [7, 11) is 0. The van der Waals surface area contributed by atoms with Crippen molar-refractivity contribution in [3.05, 3.63) is 35.9 Å². The monoisotopic (exact) mass is 272 g/mol. The minimum atomic E-state index is -0.537. The molecule has 1 aromatic rings. The van der Waals surface area contributed by atoms with E-state index in [1.54, 1.807) is 0 Å². The van der Waals surface area contributed by atoms with E-state index in [1.807, 2.05) is 30.3 Å². The van der Waals surface area contributed by atoms with E-state index in [9.17, 15) is 4.79 Å². The lowest BCUT2D eigenvalue weighted by atomic mass is 10.1. The van der Waals surface area contributed by atoms with Crippen LogP contribution < -0.4 is 11.5 Å². The van der Waals surface area contributed by atoms with Crippen molar-refractivity contribution in [2.24, 2.45) is 11.5 Å². The van der Waals surface area contributed by atoms with Crippen LogP contribution in [0.5, 0.6) is 0 Å². The topological polar surface area (TPSA) is 78.3 Å². The molecule has 5 heteroatoms.